The molecule has 3 saturated heterocycles. The molecule has 0 aromatic carbocycles. The molecule has 3 rings (SSSR count). The fraction of sp³-hybridized carbons (Fsp3) is 0.938. The highest BCUT2D eigenvalue weighted by Gasteiger charge is 2.35. The highest BCUT2D eigenvalue weighted by atomic mass is 16.2. The molecular weight excluding hydrogens is 250 g/mol. The first-order valence-corrected chi connectivity index (χ1v) is 8.50. The van der Waals surface area contributed by atoms with Crippen molar-refractivity contribution in [3.8, 4) is 0 Å². The number of hydrogen-bond donors (Lipinski definition) is 1. The molecule has 0 spiro atoms. The zero-order valence-electron chi connectivity index (χ0n) is 12.8. The van der Waals surface area contributed by atoms with Crippen molar-refractivity contribution in [1.29, 1.82) is 0 Å². The van der Waals surface area contributed by atoms with Crippen LogP contribution < -0.4 is 5.32 Å². The predicted octanol–water partition coefficient (Wildman–Crippen LogP) is 1.46. The van der Waals surface area contributed by atoms with E-state index in [2.05, 4.69) is 22.0 Å². The summed E-state index contributed by atoms with van der Waals surface area (Å²) in [6.45, 7) is 7.79. The van der Waals surface area contributed by atoms with Crippen molar-refractivity contribution in [2.75, 3.05) is 32.7 Å². The van der Waals surface area contributed by atoms with Crippen LogP contribution in [0.1, 0.15) is 45.4 Å². The van der Waals surface area contributed by atoms with Gasteiger partial charge in [-0.1, -0.05) is 0 Å². The summed E-state index contributed by atoms with van der Waals surface area (Å²) in [5.74, 6) is 0.713. The Bertz CT molecular complexity index is 341. The normalized spacial score (nSPS) is 35.6. The zero-order valence-corrected chi connectivity index (χ0v) is 12.8. The van der Waals surface area contributed by atoms with Crippen molar-refractivity contribution in [3.63, 3.8) is 0 Å². The minimum atomic E-state index is 0.269. The second-order valence-corrected chi connectivity index (χ2v) is 6.91. The Balaban J connectivity index is 1.57. The summed E-state index contributed by atoms with van der Waals surface area (Å²) < 4.78 is 0. The molecule has 3 atom stereocenters. The minimum Gasteiger partial charge on any atom is -0.338 e. The third-order valence-corrected chi connectivity index (χ3v) is 5.30. The summed E-state index contributed by atoms with van der Waals surface area (Å²) in [5, 5.41) is 3.45. The van der Waals surface area contributed by atoms with E-state index in [1.54, 1.807) is 0 Å². The second kappa shape index (κ2) is 6.44. The van der Waals surface area contributed by atoms with Gasteiger partial charge in [0.2, 0.25) is 5.91 Å². The third kappa shape index (κ3) is 3.17. The van der Waals surface area contributed by atoms with Gasteiger partial charge in [-0.15, -0.1) is 0 Å². The number of likely N-dealkylation sites (tertiary alicyclic amines) is 2. The molecule has 0 aromatic heterocycles. The van der Waals surface area contributed by atoms with E-state index in [1.807, 2.05) is 0 Å². The number of rotatable bonds is 3. The topological polar surface area (TPSA) is 35.6 Å². The highest BCUT2D eigenvalue weighted by molar-refractivity contribution is 5.79. The van der Waals surface area contributed by atoms with E-state index in [4.69, 9.17) is 0 Å². The number of nitrogens with one attached hydrogen (secondary N) is 1. The van der Waals surface area contributed by atoms with Crippen LogP contribution in [-0.2, 0) is 4.79 Å². The van der Waals surface area contributed by atoms with E-state index < -0.39 is 0 Å². The fourth-order valence-corrected chi connectivity index (χ4v) is 4.17. The van der Waals surface area contributed by atoms with E-state index in [-0.39, 0.29) is 5.92 Å². The Morgan fingerprint density at radius 2 is 1.95 bits per heavy atom. The van der Waals surface area contributed by atoms with Crippen molar-refractivity contribution in [2.45, 2.75) is 57.5 Å². The van der Waals surface area contributed by atoms with Crippen LogP contribution in [0.15, 0.2) is 0 Å². The molecule has 4 nitrogen and oxygen atoms in total. The number of hydrogen-bond acceptors (Lipinski definition) is 3. The summed E-state index contributed by atoms with van der Waals surface area (Å²) in [6, 6.07) is 0.989. The van der Waals surface area contributed by atoms with Gasteiger partial charge in [0.1, 0.15) is 0 Å². The molecule has 1 amide bonds. The SMILES string of the molecule is C[C@H]1C[C@@H](C(=O)N2CCCC2CN2CCCC2)CCN1. The Hall–Kier alpha value is -0.610. The van der Waals surface area contributed by atoms with Gasteiger partial charge in [-0.25, -0.2) is 0 Å². The molecule has 0 radical (unpaired) electrons. The lowest BCUT2D eigenvalue weighted by Gasteiger charge is -2.34. The number of carbonyl (C=O) groups is 1. The lowest BCUT2D eigenvalue weighted by atomic mass is 9.92. The molecule has 1 unspecified atom stereocenters. The molecule has 3 fully saturated rings. The smallest absolute Gasteiger partial charge is 0.226 e. The molecule has 3 aliphatic heterocycles. The minimum absolute atomic E-state index is 0.269. The lowest BCUT2D eigenvalue weighted by Crippen LogP contribution is -2.48. The van der Waals surface area contributed by atoms with Crippen LogP contribution in [0.25, 0.3) is 0 Å². The van der Waals surface area contributed by atoms with Crippen LogP contribution in [0.5, 0.6) is 0 Å². The quantitative estimate of drug-likeness (QED) is 0.849. The molecule has 1 N–H and O–H groups in total. The first-order chi connectivity index (χ1) is 9.74. The average Bonchev–Trinajstić information content (AvgIpc) is 3.10. The van der Waals surface area contributed by atoms with Gasteiger partial charge >= 0.3 is 0 Å². The van der Waals surface area contributed by atoms with Gasteiger partial charge in [-0.05, 0) is 65.1 Å². The number of piperidine rings is 1. The lowest BCUT2D eigenvalue weighted by molar-refractivity contribution is -0.137. The van der Waals surface area contributed by atoms with E-state index in [9.17, 15) is 4.79 Å². The van der Waals surface area contributed by atoms with Crippen LogP contribution in [0.4, 0.5) is 0 Å². The molecular formula is C16H29N3O. The zero-order chi connectivity index (χ0) is 13.9. The summed E-state index contributed by atoms with van der Waals surface area (Å²) in [5.41, 5.74) is 0. The molecule has 4 heteroatoms. The predicted molar refractivity (Wildman–Crippen MR) is 80.6 cm³/mol. The Kier molecular flexibility index (Phi) is 4.61. The Morgan fingerprint density at radius 3 is 2.70 bits per heavy atom. The van der Waals surface area contributed by atoms with Gasteiger partial charge in [-0.2, -0.15) is 0 Å². The van der Waals surface area contributed by atoms with E-state index in [1.165, 1.54) is 38.8 Å². The molecule has 20 heavy (non-hydrogen) atoms. The monoisotopic (exact) mass is 279 g/mol. The Labute approximate surface area is 122 Å². The number of amides is 1. The van der Waals surface area contributed by atoms with Crippen molar-refractivity contribution in [2.24, 2.45) is 5.92 Å². The van der Waals surface area contributed by atoms with Crippen LogP contribution >= 0.6 is 0 Å². The van der Waals surface area contributed by atoms with Crippen LogP contribution in [-0.4, -0.2) is 60.5 Å². The van der Waals surface area contributed by atoms with Crippen LogP contribution in [0.3, 0.4) is 0 Å². The molecule has 0 bridgehead atoms. The Morgan fingerprint density at radius 1 is 1.15 bits per heavy atom. The van der Waals surface area contributed by atoms with E-state index in [0.29, 0.717) is 18.0 Å². The maximum Gasteiger partial charge on any atom is 0.226 e. The van der Waals surface area contributed by atoms with Gasteiger partial charge in [-0.3, -0.25) is 4.79 Å². The van der Waals surface area contributed by atoms with E-state index >= 15 is 0 Å². The van der Waals surface area contributed by atoms with Crippen LogP contribution in [0, 0.1) is 5.92 Å². The fourth-order valence-electron chi connectivity index (χ4n) is 4.17. The number of carbonyl (C=O) groups excluding carboxylic acids is 1. The first kappa shape index (κ1) is 14.3. The largest absolute Gasteiger partial charge is 0.338 e. The highest BCUT2D eigenvalue weighted by Crippen LogP contribution is 2.26. The maximum absolute atomic E-state index is 12.8. The van der Waals surface area contributed by atoms with Crippen LogP contribution in [0.2, 0.25) is 0 Å². The van der Waals surface area contributed by atoms with Crippen molar-refractivity contribution in [3.05, 3.63) is 0 Å². The summed E-state index contributed by atoms with van der Waals surface area (Å²) in [4.78, 5) is 17.6. The second-order valence-electron chi connectivity index (χ2n) is 6.91. The average molecular weight is 279 g/mol. The maximum atomic E-state index is 12.8. The van der Waals surface area contributed by atoms with Crippen molar-refractivity contribution in [1.82, 2.24) is 15.1 Å². The summed E-state index contributed by atoms with van der Waals surface area (Å²) in [6.07, 6.45) is 7.13. The number of nitrogens with zero attached hydrogens (tertiary/aromatic N) is 2. The third-order valence-electron chi connectivity index (χ3n) is 5.30. The summed E-state index contributed by atoms with van der Waals surface area (Å²) >= 11 is 0. The van der Waals surface area contributed by atoms with E-state index in [0.717, 1.165) is 32.5 Å². The first-order valence-electron chi connectivity index (χ1n) is 8.50. The molecule has 3 aliphatic rings. The molecule has 0 saturated carbocycles. The van der Waals surface area contributed by atoms with Gasteiger partial charge in [0.25, 0.3) is 0 Å². The van der Waals surface area contributed by atoms with Gasteiger partial charge in [0.05, 0.1) is 0 Å². The van der Waals surface area contributed by atoms with Gasteiger partial charge in [0.15, 0.2) is 0 Å². The molecule has 3 heterocycles. The standard InChI is InChI=1S/C16H29N3O/c1-13-11-14(6-7-17-13)16(20)19-10-4-5-15(19)12-18-8-2-3-9-18/h13-15,17H,2-12H2,1H3/t13-,14-,15?/m0/s1. The molecule has 0 aliphatic carbocycles. The molecule has 114 valence electrons. The van der Waals surface area contributed by atoms with Crippen molar-refractivity contribution < 1.29 is 4.79 Å². The van der Waals surface area contributed by atoms with Gasteiger partial charge < -0.3 is 15.1 Å². The van der Waals surface area contributed by atoms with Crippen molar-refractivity contribution >= 4 is 5.91 Å². The summed E-state index contributed by atoms with van der Waals surface area (Å²) in [7, 11) is 0. The molecule has 0 aromatic rings. The van der Waals surface area contributed by atoms with Gasteiger partial charge in [0, 0.05) is 31.1 Å².